The normalized spacial score (nSPS) is 12.9. The summed E-state index contributed by atoms with van der Waals surface area (Å²) in [6.45, 7) is 1.40. The molecule has 1 aliphatic rings. The third-order valence-electron chi connectivity index (χ3n) is 2.96. The SMILES string of the molecule is Cn1ccc(CNCc2cc3c(cc2O)OCO3)n1. The molecule has 0 unspecified atom stereocenters. The number of phenols is 1. The molecule has 0 amide bonds. The van der Waals surface area contributed by atoms with Gasteiger partial charge in [-0.05, 0) is 12.1 Å². The Balaban J connectivity index is 1.64. The van der Waals surface area contributed by atoms with E-state index in [0.717, 1.165) is 11.3 Å². The molecule has 0 saturated carbocycles. The van der Waals surface area contributed by atoms with E-state index >= 15 is 0 Å². The zero-order valence-corrected chi connectivity index (χ0v) is 10.6. The van der Waals surface area contributed by atoms with E-state index < -0.39 is 0 Å². The lowest BCUT2D eigenvalue weighted by Gasteiger charge is -2.07. The third kappa shape index (κ3) is 2.48. The first-order chi connectivity index (χ1) is 9.22. The standard InChI is InChI=1S/C13H15N3O3/c1-16-3-2-10(15-16)7-14-6-9-4-12-13(5-11(9)17)19-8-18-12/h2-5,14,17H,6-8H2,1H3. The number of fused-ring (bicyclic) bond motifs is 1. The van der Waals surface area contributed by atoms with E-state index in [2.05, 4.69) is 10.4 Å². The van der Waals surface area contributed by atoms with Gasteiger partial charge in [-0.1, -0.05) is 0 Å². The summed E-state index contributed by atoms with van der Waals surface area (Å²) in [5.41, 5.74) is 1.74. The lowest BCUT2D eigenvalue weighted by molar-refractivity contribution is 0.174. The summed E-state index contributed by atoms with van der Waals surface area (Å²) in [4.78, 5) is 0. The van der Waals surface area contributed by atoms with Crippen LogP contribution in [0.1, 0.15) is 11.3 Å². The third-order valence-corrected chi connectivity index (χ3v) is 2.96. The zero-order valence-electron chi connectivity index (χ0n) is 10.6. The number of phenolic OH excluding ortho intramolecular Hbond substituents is 1. The monoisotopic (exact) mass is 261 g/mol. The number of benzene rings is 1. The molecule has 0 spiro atoms. The number of hydrogen-bond acceptors (Lipinski definition) is 5. The van der Waals surface area contributed by atoms with Crippen LogP contribution in [0, 0.1) is 0 Å². The molecule has 1 aliphatic heterocycles. The van der Waals surface area contributed by atoms with Crippen molar-refractivity contribution in [2.24, 2.45) is 7.05 Å². The Labute approximate surface area is 110 Å². The van der Waals surface area contributed by atoms with Gasteiger partial charge in [0.25, 0.3) is 0 Å². The molecule has 0 saturated heterocycles. The van der Waals surface area contributed by atoms with E-state index in [1.807, 2.05) is 19.3 Å². The molecule has 6 nitrogen and oxygen atoms in total. The van der Waals surface area contributed by atoms with Crippen molar-refractivity contribution in [3.63, 3.8) is 0 Å². The highest BCUT2D eigenvalue weighted by atomic mass is 16.7. The molecular weight excluding hydrogens is 246 g/mol. The first-order valence-corrected chi connectivity index (χ1v) is 6.03. The fraction of sp³-hybridized carbons (Fsp3) is 0.308. The average Bonchev–Trinajstić information content (AvgIpc) is 2.98. The largest absolute Gasteiger partial charge is 0.507 e. The Bertz CT molecular complexity index is 595. The molecule has 1 aromatic carbocycles. The Hall–Kier alpha value is -2.21. The number of nitrogens with one attached hydrogen (secondary N) is 1. The predicted octanol–water partition coefficient (Wildman–Crippen LogP) is 1.14. The topological polar surface area (TPSA) is 68.5 Å². The van der Waals surface area contributed by atoms with E-state index in [0.29, 0.717) is 24.6 Å². The molecule has 0 aliphatic carbocycles. The molecule has 0 bridgehead atoms. The molecule has 0 atom stereocenters. The van der Waals surface area contributed by atoms with Crippen molar-refractivity contribution >= 4 is 0 Å². The second-order valence-electron chi connectivity index (χ2n) is 4.42. The van der Waals surface area contributed by atoms with Crippen LogP contribution in [0.15, 0.2) is 24.4 Å². The number of rotatable bonds is 4. The van der Waals surface area contributed by atoms with Gasteiger partial charge in [-0.25, -0.2) is 0 Å². The van der Waals surface area contributed by atoms with Gasteiger partial charge in [-0.2, -0.15) is 5.10 Å². The van der Waals surface area contributed by atoms with E-state index in [9.17, 15) is 5.11 Å². The first kappa shape index (κ1) is 11.9. The number of aromatic nitrogens is 2. The van der Waals surface area contributed by atoms with Gasteiger partial charge < -0.3 is 19.9 Å². The van der Waals surface area contributed by atoms with Crippen molar-refractivity contribution in [2.75, 3.05) is 6.79 Å². The van der Waals surface area contributed by atoms with Crippen LogP contribution in [0.4, 0.5) is 0 Å². The highest BCUT2D eigenvalue weighted by Crippen LogP contribution is 2.37. The zero-order chi connectivity index (χ0) is 13.2. The van der Waals surface area contributed by atoms with Crippen molar-refractivity contribution in [2.45, 2.75) is 13.1 Å². The minimum Gasteiger partial charge on any atom is -0.507 e. The quantitative estimate of drug-likeness (QED) is 0.864. The molecule has 6 heteroatoms. The van der Waals surface area contributed by atoms with Crippen LogP contribution >= 0.6 is 0 Å². The summed E-state index contributed by atoms with van der Waals surface area (Å²) >= 11 is 0. The van der Waals surface area contributed by atoms with Crippen molar-refractivity contribution in [1.82, 2.24) is 15.1 Å². The summed E-state index contributed by atoms with van der Waals surface area (Å²) in [6.07, 6.45) is 1.90. The molecule has 3 rings (SSSR count). The van der Waals surface area contributed by atoms with Gasteiger partial charge in [0.2, 0.25) is 6.79 Å². The predicted molar refractivity (Wildman–Crippen MR) is 68.0 cm³/mol. The smallest absolute Gasteiger partial charge is 0.231 e. The summed E-state index contributed by atoms with van der Waals surface area (Å²) in [6, 6.07) is 5.33. The lowest BCUT2D eigenvalue weighted by atomic mass is 10.1. The fourth-order valence-electron chi connectivity index (χ4n) is 2.00. The molecular formula is C13H15N3O3. The van der Waals surface area contributed by atoms with Crippen LogP contribution in [-0.2, 0) is 20.1 Å². The number of nitrogens with zero attached hydrogens (tertiary/aromatic N) is 2. The summed E-state index contributed by atoms with van der Waals surface area (Å²) < 4.78 is 12.2. The van der Waals surface area contributed by atoms with E-state index in [4.69, 9.17) is 9.47 Å². The second-order valence-corrected chi connectivity index (χ2v) is 4.42. The van der Waals surface area contributed by atoms with Crippen molar-refractivity contribution in [1.29, 1.82) is 0 Å². The van der Waals surface area contributed by atoms with Crippen LogP contribution < -0.4 is 14.8 Å². The highest BCUT2D eigenvalue weighted by Gasteiger charge is 2.16. The Morgan fingerprint density at radius 2 is 2.11 bits per heavy atom. The van der Waals surface area contributed by atoms with E-state index in [1.54, 1.807) is 16.8 Å². The molecule has 100 valence electrons. The van der Waals surface area contributed by atoms with Crippen molar-refractivity contribution < 1.29 is 14.6 Å². The Kier molecular flexibility index (Phi) is 3.00. The highest BCUT2D eigenvalue weighted by molar-refractivity contribution is 5.51. The van der Waals surface area contributed by atoms with Gasteiger partial charge >= 0.3 is 0 Å². The van der Waals surface area contributed by atoms with Gasteiger partial charge in [0.05, 0.1) is 5.69 Å². The maximum Gasteiger partial charge on any atom is 0.231 e. The van der Waals surface area contributed by atoms with Crippen LogP contribution in [0.2, 0.25) is 0 Å². The number of hydrogen-bond donors (Lipinski definition) is 2. The molecule has 2 aromatic rings. The summed E-state index contributed by atoms with van der Waals surface area (Å²) in [5, 5.41) is 17.4. The maximum absolute atomic E-state index is 9.88. The second kappa shape index (κ2) is 4.81. The molecule has 2 heterocycles. The van der Waals surface area contributed by atoms with Gasteiger partial charge in [-0.15, -0.1) is 0 Å². The van der Waals surface area contributed by atoms with Gasteiger partial charge in [0.15, 0.2) is 11.5 Å². The maximum atomic E-state index is 9.88. The Morgan fingerprint density at radius 3 is 2.84 bits per heavy atom. The minimum absolute atomic E-state index is 0.206. The lowest BCUT2D eigenvalue weighted by Crippen LogP contribution is -2.13. The minimum atomic E-state index is 0.206. The van der Waals surface area contributed by atoms with Crippen molar-refractivity contribution in [3.8, 4) is 17.2 Å². The van der Waals surface area contributed by atoms with Crippen LogP contribution in [0.25, 0.3) is 0 Å². The fourth-order valence-corrected chi connectivity index (χ4v) is 2.00. The number of aromatic hydroxyl groups is 1. The molecule has 0 fully saturated rings. The molecule has 2 N–H and O–H groups in total. The van der Waals surface area contributed by atoms with Crippen LogP contribution in [0.5, 0.6) is 17.2 Å². The molecule has 19 heavy (non-hydrogen) atoms. The van der Waals surface area contributed by atoms with Gasteiger partial charge in [0, 0.05) is 38.0 Å². The average molecular weight is 261 g/mol. The van der Waals surface area contributed by atoms with E-state index in [-0.39, 0.29) is 12.5 Å². The number of ether oxygens (including phenoxy) is 2. The molecule has 1 aromatic heterocycles. The van der Waals surface area contributed by atoms with E-state index in [1.165, 1.54) is 0 Å². The summed E-state index contributed by atoms with van der Waals surface area (Å²) in [5.74, 6) is 1.47. The van der Waals surface area contributed by atoms with Gasteiger partial charge in [-0.3, -0.25) is 4.68 Å². The van der Waals surface area contributed by atoms with Gasteiger partial charge in [0.1, 0.15) is 5.75 Å². The van der Waals surface area contributed by atoms with Crippen LogP contribution in [0.3, 0.4) is 0 Å². The summed E-state index contributed by atoms with van der Waals surface area (Å²) in [7, 11) is 1.88. The van der Waals surface area contributed by atoms with Crippen LogP contribution in [-0.4, -0.2) is 21.7 Å². The Morgan fingerprint density at radius 1 is 1.32 bits per heavy atom. The first-order valence-electron chi connectivity index (χ1n) is 6.03. The number of aryl methyl sites for hydroxylation is 1. The molecule has 0 radical (unpaired) electrons. The van der Waals surface area contributed by atoms with Crippen molar-refractivity contribution in [3.05, 3.63) is 35.7 Å².